The van der Waals surface area contributed by atoms with Crippen LogP contribution in [0.25, 0.3) is 0 Å². The van der Waals surface area contributed by atoms with Gasteiger partial charge in [-0.3, -0.25) is 0 Å². The predicted molar refractivity (Wildman–Crippen MR) is 72.6 cm³/mol. The van der Waals surface area contributed by atoms with Crippen molar-refractivity contribution >= 4 is 9.84 Å². The Balaban J connectivity index is 1.92. The summed E-state index contributed by atoms with van der Waals surface area (Å²) in [7, 11) is -1.23. The molecule has 0 bridgehead atoms. The van der Waals surface area contributed by atoms with E-state index in [1.54, 1.807) is 19.6 Å². The molecule has 1 fully saturated rings. The van der Waals surface area contributed by atoms with Crippen LogP contribution in [0.15, 0.2) is 12.5 Å². The Labute approximate surface area is 114 Å². The van der Waals surface area contributed by atoms with Crippen molar-refractivity contribution in [3.8, 4) is 0 Å². The first-order valence-electron chi connectivity index (χ1n) is 6.53. The molecule has 2 rings (SSSR count). The highest BCUT2D eigenvalue weighted by atomic mass is 32.2. The zero-order valence-corrected chi connectivity index (χ0v) is 12.0. The number of nitrogens with one attached hydrogen (secondary N) is 1. The molecule has 1 unspecified atom stereocenters. The van der Waals surface area contributed by atoms with Gasteiger partial charge in [-0.25, -0.2) is 13.4 Å². The molecule has 0 aliphatic carbocycles. The van der Waals surface area contributed by atoms with E-state index in [4.69, 9.17) is 4.74 Å². The molecule has 1 aromatic rings. The van der Waals surface area contributed by atoms with Gasteiger partial charge in [-0.05, 0) is 12.8 Å². The van der Waals surface area contributed by atoms with Crippen LogP contribution in [0.5, 0.6) is 0 Å². The van der Waals surface area contributed by atoms with Crippen molar-refractivity contribution in [1.82, 2.24) is 14.9 Å². The molecule has 0 radical (unpaired) electrons. The summed E-state index contributed by atoms with van der Waals surface area (Å²) in [4.78, 5) is 4.11. The van der Waals surface area contributed by atoms with Gasteiger partial charge in [0.05, 0.1) is 29.6 Å². The average molecular weight is 287 g/mol. The lowest BCUT2D eigenvalue weighted by Gasteiger charge is -2.13. The number of hydrogen-bond acceptors (Lipinski definition) is 5. The van der Waals surface area contributed by atoms with E-state index in [0.29, 0.717) is 25.4 Å². The second kappa shape index (κ2) is 6.49. The Morgan fingerprint density at radius 3 is 3.11 bits per heavy atom. The van der Waals surface area contributed by atoms with E-state index in [9.17, 15) is 8.42 Å². The number of ether oxygens (including phenoxy) is 1. The molecule has 0 aromatic carbocycles. The lowest BCUT2D eigenvalue weighted by Crippen LogP contribution is -2.25. The highest BCUT2D eigenvalue weighted by Crippen LogP contribution is 2.22. The third-order valence-corrected chi connectivity index (χ3v) is 5.71. The molecule has 0 spiro atoms. The van der Waals surface area contributed by atoms with Crippen LogP contribution in [0.4, 0.5) is 0 Å². The first-order valence-corrected chi connectivity index (χ1v) is 8.25. The number of methoxy groups -OCH3 is 1. The van der Waals surface area contributed by atoms with E-state index in [-0.39, 0.29) is 5.25 Å². The van der Waals surface area contributed by atoms with Crippen LogP contribution in [0.3, 0.4) is 0 Å². The summed E-state index contributed by atoms with van der Waals surface area (Å²) in [5, 5.41) is 2.99. The van der Waals surface area contributed by atoms with Crippen molar-refractivity contribution in [2.75, 3.05) is 26.0 Å². The number of aromatic nitrogens is 2. The maximum atomic E-state index is 11.8. The minimum atomic E-state index is -2.90. The Bertz CT molecular complexity index is 498. The monoisotopic (exact) mass is 287 g/mol. The Morgan fingerprint density at radius 1 is 1.58 bits per heavy atom. The molecule has 0 saturated carbocycles. The zero-order chi connectivity index (χ0) is 13.7. The van der Waals surface area contributed by atoms with E-state index >= 15 is 0 Å². The molecular weight excluding hydrogens is 266 g/mol. The molecule has 6 nitrogen and oxygen atoms in total. The van der Waals surface area contributed by atoms with Crippen LogP contribution < -0.4 is 5.32 Å². The van der Waals surface area contributed by atoms with Gasteiger partial charge in [0.1, 0.15) is 0 Å². The Hall–Kier alpha value is -0.920. The molecule has 108 valence electrons. The lowest BCUT2D eigenvalue weighted by atomic mass is 10.2. The van der Waals surface area contributed by atoms with E-state index in [1.807, 2.05) is 4.57 Å². The van der Waals surface area contributed by atoms with Crippen LogP contribution in [0.1, 0.15) is 18.5 Å². The normalized spacial score (nSPS) is 21.8. The van der Waals surface area contributed by atoms with Crippen LogP contribution in [-0.4, -0.2) is 49.2 Å². The molecule has 1 aliphatic heterocycles. The van der Waals surface area contributed by atoms with E-state index in [0.717, 1.165) is 25.1 Å². The maximum Gasteiger partial charge on any atom is 0.154 e. The van der Waals surface area contributed by atoms with Crippen molar-refractivity contribution in [2.24, 2.45) is 0 Å². The summed E-state index contributed by atoms with van der Waals surface area (Å²) in [6, 6.07) is 0. The lowest BCUT2D eigenvalue weighted by molar-refractivity contribution is 0.199. The summed E-state index contributed by atoms with van der Waals surface area (Å²) >= 11 is 0. The Kier molecular flexibility index (Phi) is 4.95. The number of nitrogens with zero attached hydrogens (tertiary/aromatic N) is 2. The molecule has 0 amide bonds. The molecule has 2 heterocycles. The summed E-state index contributed by atoms with van der Waals surface area (Å²) in [5.74, 6) is 0.327. The van der Waals surface area contributed by atoms with Crippen molar-refractivity contribution in [3.63, 3.8) is 0 Å². The Morgan fingerprint density at radius 2 is 2.42 bits per heavy atom. The van der Waals surface area contributed by atoms with Gasteiger partial charge in [0.25, 0.3) is 0 Å². The molecule has 7 heteroatoms. The quantitative estimate of drug-likeness (QED) is 0.725. The molecule has 1 N–H and O–H groups in total. The molecule has 19 heavy (non-hydrogen) atoms. The van der Waals surface area contributed by atoms with Crippen molar-refractivity contribution < 1.29 is 13.2 Å². The van der Waals surface area contributed by atoms with Gasteiger partial charge in [-0.15, -0.1) is 0 Å². The fraction of sp³-hybridized carbons (Fsp3) is 0.750. The molecule has 1 aliphatic rings. The minimum Gasteiger partial charge on any atom is -0.383 e. The highest BCUT2D eigenvalue weighted by molar-refractivity contribution is 7.92. The second-order valence-corrected chi connectivity index (χ2v) is 7.24. The summed E-state index contributed by atoms with van der Waals surface area (Å²) in [6.45, 7) is 2.62. The predicted octanol–water partition coefficient (Wildman–Crippen LogP) is 0.196. The fourth-order valence-electron chi connectivity index (χ4n) is 2.33. The second-order valence-electron chi connectivity index (χ2n) is 4.84. The smallest absolute Gasteiger partial charge is 0.154 e. The third kappa shape index (κ3) is 3.77. The van der Waals surface area contributed by atoms with Gasteiger partial charge in [0.15, 0.2) is 9.84 Å². The zero-order valence-electron chi connectivity index (χ0n) is 11.2. The highest BCUT2D eigenvalue weighted by Gasteiger charge is 2.31. The SMILES string of the molecule is COCCNCc1cncn1CC1CCCS1(=O)=O. The van der Waals surface area contributed by atoms with Gasteiger partial charge in [-0.1, -0.05) is 0 Å². The van der Waals surface area contributed by atoms with Crippen molar-refractivity contribution in [3.05, 3.63) is 18.2 Å². The molecule has 1 atom stereocenters. The largest absolute Gasteiger partial charge is 0.383 e. The van der Waals surface area contributed by atoms with E-state index in [2.05, 4.69) is 10.3 Å². The third-order valence-electron chi connectivity index (χ3n) is 3.45. The van der Waals surface area contributed by atoms with Gasteiger partial charge < -0.3 is 14.6 Å². The number of hydrogen-bond donors (Lipinski definition) is 1. The fourth-order valence-corrected chi connectivity index (χ4v) is 4.15. The van der Waals surface area contributed by atoms with Gasteiger partial charge in [0, 0.05) is 32.9 Å². The first kappa shape index (κ1) is 14.5. The van der Waals surface area contributed by atoms with Gasteiger partial charge >= 0.3 is 0 Å². The van der Waals surface area contributed by atoms with Gasteiger partial charge in [0.2, 0.25) is 0 Å². The van der Waals surface area contributed by atoms with Crippen molar-refractivity contribution in [1.29, 1.82) is 0 Å². The van der Waals surface area contributed by atoms with Crippen LogP contribution in [0, 0.1) is 0 Å². The summed E-state index contributed by atoms with van der Waals surface area (Å²) in [5.41, 5.74) is 1.01. The first-order chi connectivity index (χ1) is 9.13. The standard InChI is InChI=1S/C12H21N3O3S/c1-18-5-4-13-7-11-8-14-10-15(11)9-12-3-2-6-19(12,16)17/h8,10,12-13H,2-7,9H2,1H3. The van der Waals surface area contributed by atoms with Crippen molar-refractivity contribution in [2.45, 2.75) is 31.2 Å². The number of sulfone groups is 1. The number of rotatable bonds is 7. The summed E-state index contributed by atoms with van der Waals surface area (Å²) < 4.78 is 30.6. The molecule has 1 aromatic heterocycles. The van der Waals surface area contributed by atoms with Crippen LogP contribution in [-0.2, 0) is 27.7 Å². The average Bonchev–Trinajstić information content (AvgIpc) is 2.93. The van der Waals surface area contributed by atoms with Gasteiger partial charge in [-0.2, -0.15) is 0 Å². The van der Waals surface area contributed by atoms with E-state index in [1.165, 1.54) is 0 Å². The number of imidazole rings is 1. The summed E-state index contributed by atoms with van der Waals surface area (Å²) in [6.07, 6.45) is 5.03. The van der Waals surface area contributed by atoms with Crippen LogP contribution in [0.2, 0.25) is 0 Å². The van der Waals surface area contributed by atoms with E-state index < -0.39 is 9.84 Å². The molecule has 1 saturated heterocycles. The maximum absolute atomic E-state index is 11.8. The van der Waals surface area contributed by atoms with Crippen LogP contribution >= 0.6 is 0 Å². The molecular formula is C12H21N3O3S. The topological polar surface area (TPSA) is 73.2 Å². The minimum absolute atomic E-state index is 0.251.